The van der Waals surface area contributed by atoms with Crippen molar-refractivity contribution in [3.63, 3.8) is 0 Å². The second-order valence-electron chi connectivity index (χ2n) is 2.41. The molecule has 0 amide bonds. The molecule has 0 aliphatic heterocycles. The molecule has 2 rings (SSSR count). The molecule has 0 saturated carbocycles. The van der Waals surface area contributed by atoms with E-state index in [4.69, 9.17) is 15.1 Å². The third-order valence-electron chi connectivity index (χ3n) is 1.61. The molecule has 0 fully saturated rings. The molecular formula is C7H4ClNO3S. The predicted octanol–water partition coefficient (Wildman–Crippen LogP) is 1.76. The minimum atomic E-state index is -3.74. The van der Waals surface area contributed by atoms with Crippen LogP contribution >= 0.6 is 10.7 Å². The highest BCUT2D eigenvalue weighted by molar-refractivity contribution is 8.14. The summed E-state index contributed by atoms with van der Waals surface area (Å²) in [5.41, 5.74) is 0.404. The molecule has 2 aromatic heterocycles. The number of hydrogen-bond acceptors (Lipinski definition) is 4. The molecule has 0 saturated heterocycles. The highest BCUT2D eigenvalue weighted by Gasteiger charge is 2.16. The number of rotatable bonds is 1. The molecule has 0 N–H and O–H groups in total. The van der Waals surface area contributed by atoms with Crippen LogP contribution in [0.25, 0.3) is 11.0 Å². The smallest absolute Gasteiger partial charge is 0.265 e. The summed E-state index contributed by atoms with van der Waals surface area (Å²) < 4.78 is 26.9. The number of hydrogen-bond donors (Lipinski definition) is 0. The van der Waals surface area contributed by atoms with Gasteiger partial charge in [0, 0.05) is 22.3 Å². The van der Waals surface area contributed by atoms with Gasteiger partial charge in [-0.2, -0.15) is 0 Å². The SMILES string of the molecule is O=S(=O)(Cl)c1coc2cnccc12. The van der Waals surface area contributed by atoms with Crippen molar-refractivity contribution in [3.8, 4) is 0 Å². The Hall–Kier alpha value is -1.07. The summed E-state index contributed by atoms with van der Waals surface area (Å²) in [5, 5.41) is 0.449. The summed E-state index contributed by atoms with van der Waals surface area (Å²) in [6.07, 6.45) is 4.01. The zero-order valence-corrected chi connectivity index (χ0v) is 7.84. The van der Waals surface area contributed by atoms with Crippen molar-refractivity contribution in [1.29, 1.82) is 0 Å². The first kappa shape index (κ1) is 8.52. The fraction of sp³-hybridized carbons (Fsp3) is 0. The highest BCUT2D eigenvalue weighted by atomic mass is 35.7. The van der Waals surface area contributed by atoms with Gasteiger partial charge in [-0.15, -0.1) is 0 Å². The summed E-state index contributed by atoms with van der Waals surface area (Å²) in [6, 6.07) is 1.54. The van der Waals surface area contributed by atoms with E-state index in [1.807, 2.05) is 0 Å². The summed E-state index contributed by atoms with van der Waals surface area (Å²) in [7, 11) is 1.44. The average Bonchev–Trinajstić information content (AvgIpc) is 2.45. The van der Waals surface area contributed by atoms with E-state index in [1.54, 1.807) is 0 Å². The normalized spacial score (nSPS) is 12.1. The van der Waals surface area contributed by atoms with Gasteiger partial charge in [0.25, 0.3) is 9.05 Å². The second kappa shape index (κ2) is 2.71. The van der Waals surface area contributed by atoms with Gasteiger partial charge in [-0.1, -0.05) is 0 Å². The van der Waals surface area contributed by atoms with Crippen molar-refractivity contribution in [2.45, 2.75) is 4.90 Å². The largest absolute Gasteiger partial charge is 0.461 e. The quantitative estimate of drug-likeness (QED) is 0.683. The predicted molar refractivity (Wildman–Crippen MR) is 47.0 cm³/mol. The van der Waals surface area contributed by atoms with E-state index < -0.39 is 9.05 Å². The lowest BCUT2D eigenvalue weighted by molar-refractivity contribution is 0.591. The Morgan fingerprint density at radius 3 is 2.92 bits per heavy atom. The Morgan fingerprint density at radius 1 is 1.46 bits per heavy atom. The second-order valence-corrected chi connectivity index (χ2v) is 4.94. The number of furan rings is 1. The third-order valence-corrected chi connectivity index (χ3v) is 2.95. The van der Waals surface area contributed by atoms with Gasteiger partial charge in [-0.05, 0) is 6.07 Å². The van der Waals surface area contributed by atoms with Gasteiger partial charge in [-0.3, -0.25) is 4.98 Å². The lowest BCUT2D eigenvalue weighted by Gasteiger charge is -1.89. The maximum Gasteiger partial charge on any atom is 0.265 e. The van der Waals surface area contributed by atoms with E-state index >= 15 is 0 Å². The Bertz CT molecular complexity index is 546. The first-order chi connectivity index (χ1) is 6.09. The van der Waals surface area contributed by atoms with Crippen LogP contribution in [0.15, 0.2) is 34.0 Å². The van der Waals surface area contributed by atoms with E-state index in [9.17, 15) is 8.42 Å². The van der Waals surface area contributed by atoms with Crippen LogP contribution < -0.4 is 0 Å². The van der Waals surface area contributed by atoms with Gasteiger partial charge in [0.05, 0.1) is 6.20 Å². The first-order valence-electron chi connectivity index (χ1n) is 3.35. The zero-order valence-electron chi connectivity index (χ0n) is 6.27. The van der Waals surface area contributed by atoms with Crippen molar-refractivity contribution < 1.29 is 12.8 Å². The molecule has 0 radical (unpaired) electrons. The molecule has 2 heterocycles. The van der Waals surface area contributed by atoms with E-state index in [0.717, 1.165) is 6.26 Å². The van der Waals surface area contributed by atoms with Gasteiger partial charge in [0.1, 0.15) is 11.2 Å². The molecular weight excluding hydrogens is 214 g/mol. The summed E-state index contributed by atoms with van der Waals surface area (Å²) in [6.45, 7) is 0. The summed E-state index contributed by atoms with van der Waals surface area (Å²) in [5.74, 6) is 0. The summed E-state index contributed by atoms with van der Waals surface area (Å²) in [4.78, 5) is 3.75. The molecule has 2 aromatic rings. The average molecular weight is 218 g/mol. The van der Waals surface area contributed by atoms with Gasteiger partial charge in [0.2, 0.25) is 0 Å². The number of nitrogens with zero attached hydrogens (tertiary/aromatic N) is 1. The Morgan fingerprint density at radius 2 is 2.23 bits per heavy atom. The van der Waals surface area contributed by atoms with E-state index in [0.29, 0.717) is 11.0 Å². The van der Waals surface area contributed by atoms with Gasteiger partial charge >= 0.3 is 0 Å². The molecule has 0 aliphatic rings. The van der Waals surface area contributed by atoms with Gasteiger partial charge < -0.3 is 4.42 Å². The van der Waals surface area contributed by atoms with Crippen molar-refractivity contribution in [1.82, 2.24) is 4.98 Å². The van der Waals surface area contributed by atoms with E-state index in [1.165, 1.54) is 18.5 Å². The van der Waals surface area contributed by atoms with E-state index in [-0.39, 0.29) is 4.90 Å². The maximum absolute atomic E-state index is 11.0. The lowest BCUT2D eigenvalue weighted by atomic mass is 10.3. The molecule has 4 nitrogen and oxygen atoms in total. The molecule has 0 bridgehead atoms. The van der Waals surface area contributed by atoms with Crippen molar-refractivity contribution >= 4 is 30.7 Å². The number of pyridine rings is 1. The van der Waals surface area contributed by atoms with Crippen LogP contribution in [-0.4, -0.2) is 13.4 Å². The van der Waals surface area contributed by atoms with Gasteiger partial charge in [-0.25, -0.2) is 8.42 Å². The maximum atomic E-state index is 11.0. The third kappa shape index (κ3) is 1.40. The Balaban J connectivity index is 2.87. The Labute approximate surface area is 78.6 Å². The lowest BCUT2D eigenvalue weighted by Crippen LogP contribution is -1.87. The molecule has 68 valence electrons. The molecule has 0 atom stereocenters. The Kier molecular flexibility index (Phi) is 1.78. The topological polar surface area (TPSA) is 60.2 Å². The number of fused-ring (bicyclic) bond motifs is 1. The van der Waals surface area contributed by atoms with Crippen LogP contribution in [0.3, 0.4) is 0 Å². The first-order valence-corrected chi connectivity index (χ1v) is 5.66. The van der Waals surface area contributed by atoms with Crippen molar-refractivity contribution in [2.75, 3.05) is 0 Å². The standard InChI is InChI=1S/C7H4ClNO3S/c8-13(10,11)7-4-12-6-3-9-2-1-5(6)7/h1-4H. The van der Waals surface area contributed by atoms with Crippen LogP contribution in [0.1, 0.15) is 0 Å². The molecule has 6 heteroatoms. The van der Waals surface area contributed by atoms with Crippen LogP contribution in [0.4, 0.5) is 0 Å². The monoisotopic (exact) mass is 217 g/mol. The van der Waals surface area contributed by atoms with Crippen molar-refractivity contribution in [3.05, 3.63) is 24.7 Å². The molecule has 0 spiro atoms. The minimum Gasteiger partial charge on any atom is -0.461 e. The van der Waals surface area contributed by atoms with Gasteiger partial charge in [0.15, 0.2) is 5.58 Å². The molecule has 13 heavy (non-hydrogen) atoms. The fourth-order valence-corrected chi connectivity index (χ4v) is 2.00. The molecule has 0 aromatic carbocycles. The molecule has 0 unspecified atom stereocenters. The van der Waals surface area contributed by atoms with Crippen LogP contribution in [0.2, 0.25) is 0 Å². The summed E-state index contributed by atoms with van der Waals surface area (Å²) >= 11 is 0. The zero-order chi connectivity index (χ0) is 9.47. The molecule has 0 aliphatic carbocycles. The number of aromatic nitrogens is 1. The van der Waals surface area contributed by atoms with Crippen LogP contribution in [0, 0.1) is 0 Å². The van der Waals surface area contributed by atoms with Crippen LogP contribution in [0.5, 0.6) is 0 Å². The minimum absolute atomic E-state index is 0.0217. The highest BCUT2D eigenvalue weighted by Crippen LogP contribution is 2.26. The van der Waals surface area contributed by atoms with E-state index in [2.05, 4.69) is 4.98 Å². The fourth-order valence-electron chi connectivity index (χ4n) is 1.05. The van der Waals surface area contributed by atoms with Crippen molar-refractivity contribution in [2.24, 2.45) is 0 Å². The number of halogens is 1. The van der Waals surface area contributed by atoms with Crippen LogP contribution in [-0.2, 0) is 9.05 Å².